The fraction of sp³-hybridized carbons (Fsp3) is 0.650. The third kappa shape index (κ3) is 4.12. The molecule has 1 amide bonds. The van der Waals surface area contributed by atoms with E-state index in [0.717, 1.165) is 50.7 Å². The first kappa shape index (κ1) is 19.1. The quantitative estimate of drug-likeness (QED) is 0.813. The first-order valence-electron chi connectivity index (χ1n) is 10.2. The highest BCUT2D eigenvalue weighted by molar-refractivity contribution is 5.79. The van der Waals surface area contributed by atoms with Crippen LogP contribution in [-0.2, 0) is 29.0 Å². The number of carbonyl (C=O) groups excluding carboxylic acids is 1. The molecule has 2 aromatic heterocycles. The average Bonchev–Trinajstić information content (AvgIpc) is 3.42. The van der Waals surface area contributed by atoms with E-state index in [2.05, 4.69) is 38.8 Å². The molecule has 0 saturated carbocycles. The molecule has 8 nitrogen and oxygen atoms in total. The van der Waals surface area contributed by atoms with Crippen molar-refractivity contribution in [1.29, 1.82) is 0 Å². The molecule has 0 aromatic carbocycles. The van der Waals surface area contributed by atoms with Crippen LogP contribution < -0.4 is 5.32 Å². The van der Waals surface area contributed by atoms with Gasteiger partial charge in [-0.25, -0.2) is 0 Å². The summed E-state index contributed by atoms with van der Waals surface area (Å²) in [4.78, 5) is 15.1. The fourth-order valence-corrected chi connectivity index (χ4v) is 3.96. The molecule has 4 rings (SSSR count). The van der Waals surface area contributed by atoms with Crippen molar-refractivity contribution in [2.45, 2.75) is 45.8 Å². The third-order valence-electron chi connectivity index (χ3n) is 5.68. The Morgan fingerprint density at radius 2 is 2.21 bits per heavy atom. The minimum absolute atomic E-state index is 0.0572. The van der Waals surface area contributed by atoms with E-state index in [4.69, 9.17) is 9.15 Å². The van der Waals surface area contributed by atoms with E-state index in [1.165, 1.54) is 5.56 Å². The zero-order valence-electron chi connectivity index (χ0n) is 16.6. The number of ether oxygens (including phenoxy) is 1. The van der Waals surface area contributed by atoms with Crippen molar-refractivity contribution >= 4 is 5.91 Å². The number of nitrogens with zero attached hydrogens (tertiary/aromatic N) is 4. The van der Waals surface area contributed by atoms with E-state index in [0.29, 0.717) is 13.2 Å². The van der Waals surface area contributed by atoms with Gasteiger partial charge in [0.05, 0.1) is 31.1 Å². The van der Waals surface area contributed by atoms with Gasteiger partial charge in [0.25, 0.3) is 0 Å². The summed E-state index contributed by atoms with van der Waals surface area (Å²) < 4.78 is 12.8. The van der Waals surface area contributed by atoms with E-state index >= 15 is 0 Å². The highest BCUT2D eigenvalue weighted by atomic mass is 16.5. The summed E-state index contributed by atoms with van der Waals surface area (Å²) in [6.45, 7) is 8.94. The van der Waals surface area contributed by atoms with E-state index in [1.807, 2.05) is 6.07 Å². The molecule has 4 heterocycles. The van der Waals surface area contributed by atoms with Gasteiger partial charge in [0.1, 0.15) is 5.82 Å². The normalized spacial score (nSPS) is 21.5. The lowest BCUT2D eigenvalue weighted by Gasteiger charge is -2.24. The van der Waals surface area contributed by atoms with Crippen molar-refractivity contribution < 1.29 is 13.9 Å². The van der Waals surface area contributed by atoms with Gasteiger partial charge in [0.15, 0.2) is 5.82 Å². The Kier molecular flexibility index (Phi) is 5.77. The Labute approximate surface area is 165 Å². The highest BCUT2D eigenvalue weighted by Crippen LogP contribution is 2.24. The fourth-order valence-electron chi connectivity index (χ4n) is 3.96. The molecule has 0 unspecified atom stereocenters. The molecule has 1 saturated heterocycles. The zero-order chi connectivity index (χ0) is 19.5. The molecule has 2 aromatic rings. The summed E-state index contributed by atoms with van der Waals surface area (Å²) in [6, 6.07) is 1.86. The molecule has 0 spiro atoms. The monoisotopic (exact) mass is 387 g/mol. The predicted molar refractivity (Wildman–Crippen MR) is 102 cm³/mol. The molecule has 152 valence electrons. The molecule has 2 atom stereocenters. The number of rotatable bonds is 6. The van der Waals surface area contributed by atoms with Crippen LogP contribution in [0.1, 0.15) is 43.5 Å². The van der Waals surface area contributed by atoms with Gasteiger partial charge in [-0.05, 0) is 18.4 Å². The Balaban J connectivity index is 1.46. The van der Waals surface area contributed by atoms with Gasteiger partial charge in [0, 0.05) is 44.8 Å². The second-order valence-electron chi connectivity index (χ2n) is 8.07. The number of hydrogen-bond donors (Lipinski definition) is 1. The summed E-state index contributed by atoms with van der Waals surface area (Å²) in [5, 5.41) is 12.1. The topological polar surface area (TPSA) is 85.4 Å². The van der Waals surface area contributed by atoms with Gasteiger partial charge in [-0.2, -0.15) is 0 Å². The number of nitrogens with one attached hydrogen (secondary N) is 1. The number of aromatic nitrogens is 3. The van der Waals surface area contributed by atoms with E-state index in [9.17, 15) is 4.79 Å². The molecule has 1 N–H and O–H groups in total. The molecule has 28 heavy (non-hydrogen) atoms. The van der Waals surface area contributed by atoms with Gasteiger partial charge in [-0.3, -0.25) is 9.69 Å². The molecule has 0 aliphatic carbocycles. The van der Waals surface area contributed by atoms with Crippen molar-refractivity contribution in [3.8, 4) is 0 Å². The van der Waals surface area contributed by atoms with E-state index in [1.54, 1.807) is 12.5 Å². The van der Waals surface area contributed by atoms with Crippen molar-refractivity contribution in [3.63, 3.8) is 0 Å². The molecule has 8 heteroatoms. The van der Waals surface area contributed by atoms with Crippen molar-refractivity contribution in [1.82, 2.24) is 25.0 Å². The molecular formula is C20H29N5O3. The maximum atomic E-state index is 12.7. The second-order valence-corrected chi connectivity index (χ2v) is 8.07. The zero-order valence-corrected chi connectivity index (χ0v) is 16.6. The van der Waals surface area contributed by atoms with Gasteiger partial charge < -0.3 is 19.0 Å². The first-order chi connectivity index (χ1) is 13.6. The van der Waals surface area contributed by atoms with E-state index < -0.39 is 0 Å². The summed E-state index contributed by atoms with van der Waals surface area (Å²) in [6.07, 6.45) is 5.15. The summed E-state index contributed by atoms with van der Waals surface area (Å²) in [7, 11) is 0. The number of carbonyl (C=O) groups is 1. The predicted octanol–water partition coefficient (Wildman–Crippen LogP) is 1.78. The largest absolute Gasteiger partial charge is 0.472 e. The van der Waals surface area contributed by atoms with Gasteiger partial charge in [0.2, 0.25) is 5.91 Å². The second kappa shape index (κ2) is 8.45. The number of hydrogen-bond acceptors (Lipinski definition) is 6. The Hall–Kier alpha value is -2.19. The van der Waals surface area contributed by atoms with Gasteiger partial charge in [-0.15, -0.1) is 10.2 Å². The molecule has 1 fully saturated rings. The van der Waals surface area contributed by atoms with Crippen LogP contribution in [0.3, 0.4) is 0 Å². The third-order valence-corrected chi connectivity index (χ3v) is 5.68. The average molecular weight is 387 g/mol. The van der Waals surface area contributed by atoms with Gasteiger partial charge in [-0.1, -0.05) is 13.8 Å². The molecule has 2 aliphatic heterocycles. The number of amides is 1. The number of fused-ring (bicyclic) bond motifs is 1. The van der Waals surface area contributed by atoms with E-state index in [-0.39, 0.29) is 23.8 Å². The SMILES string of the molecule is CC(C)[C@@H](NC(=O)[C@@H]1CCOC1)c1nnc2n1CCN(Cc1ccoc1)CC2. The molecule has 0 bridgehead atoms. The minimum Gasteiger partial charge on any atom is -0.472 e. The van der Waals surface area contributed by atoms with Crippen LogP contribution in [0.2, 0.25) is 0 Å². The van der Waals surface area contributed by atoms with Crippen LogP contribution in [0.4, 0.5) is 0 Å². The van der Waals surface area contributed by atoms with Crippen LogP contribution in [0, 0.1) is 11.8 Å². The minimum atomic E-state index is -0.144. The summed E-state index contributed by atoms with van der Waals surface area (Å²) in [5.74, 6) is 2.09. The van der Waals surface area contributed by atoms with Crippen LogP contribution in [0.15, 0.2) is 23.0 Å². The standard InChI is InChI=1S/C20H29N5O3/c1-14(2)18(21-20(26)16-5-10-28-13-16)19-23-22-17-3-6-24(7-8-25(17)19)11-15-4-9-27-12-15/h4,9,12,14,16,18H,3,5-8,10-11,13H2,1-2H3,(H,21,26)/t16-,18-/m1/s1. The van der Waals surface area contributed by atoms with Crippen molar-refractivity contribution in [2.24, 2.45) is 11.8 Å². The molecule has 0 radical (unpaired) electrons. The summed E-state index contributed by atoms with van der Waals surface area (Å²) in [5.41, 5.74) is 1.18. The Bertz CT molecular complexity index is 780. The first-order valence-corrected chi connectivity index (χ1v) is 10.2. The lowest BCUT2D eigenvalue weighted by molar-refractivity contribution is -0.126. The Morgan fingerprint density at radius 1 is 1.32 bits per heavy atom. The molecular weight excluding hydrogens is 358 g/mol. The van der Waals surface area contributed by atoms with Crippen molar-refractivity contribution in [2.75, 3.05) is 26.3 Å². The van der Waals surface area contributed by atoms with Crippen LogP contribution >= 0.6 is 0 Å². The van der Waals surface area contributed by atoms with Crippen molar-refractivity contribution in [3.05, 3.63) is 35.8 Å². The number of furan rings is 1. The van der Waals surface area contributed by atoms with Crippen LogP contribution in [-0.4, -0.2) is 51.9 Å². The highest BCUT2D eigenvalue weighted by Gasteiger charge is 2.31. The Morgan fingerprint density at radius 3 is 2.93 bits per heavy atom. The summed E-state index contributed by atoms with van der Waals surface area (Å²) >= 11 is 0. The lowest BCUT2D eigenvalue weighted by atomic mass is 10.0. The van der Waals surface area contributed by atoms with Gasteiger partial charge >= 0.3 is 0 Å². The smallest absolute Gasteiger partial charge is 0.226 e. The van der Waals surface area contributed by atoms with Crippen LogP contribution in [0.25, 0.3) is 0 Å². The molecule has 2 aliphatic rings. The lowest BCUT2D eigenvalue weighted by Crippen LogP contribution is -2.38. The maximum absolute atomic E-state index is 12.7. The maximum Gasteiger partial charge on any atom is 0.226 e. The van der Waals surface area contributed by atoms with Crippen LogP contribution in [0.5, 0.6) is 0 Å².